The lowest BCUT2D eigenvalue weighted by atomic mass is 10.0. The third-order valence-electron chi connectivity index (χ3n) is 18.5. The first-order valence-electron chi connectivity index (χ1n) is 33.4. The average Bonchev–Trinajstić information content (AvgIpc) is 1.61. The topological polar surface area (TPSA) is 291 Å². The van der Waals surface area contributed by atoms with Crippen LogP contribution < -0.4 is 25.4 Å². The Morgan fingerprint density at radius 2 is 1.05 bits per heavy atom. The number of likely N-dealkylation sites (tertiary alicyclic amines) is 2. The van der Waals surface area contributed by atoms with Gasteiger partial charge in [-0.25, -0.2) is 19.0 Å². The molecule has 12 heterocycles. The minimum atomic E-state index is -3.11. The van der Waals surface area contributed by atoms with Gasteiger partial charge >= 0.3 is 13.2 Å². The van der Waals surface area contributed by atoms with E-state index in [4.69, 9.17) is 42.1 Å². The number of H-pyrrole nitrogens is 1. The van der Waals surface area contributed by atoms with Crippen LogP contribution in [0.15, 0.2) is 97.8 Å². The number of likely N-dealkylation sites (N-methyl/N-ethyl adjacent to an activating group) is 3. The lowest BCUT2D eigenvalue weighted by molar-refractivity contribution is -0.134. The number of alkyl halides is 6. The van der Waals surface area contributed by atoms with Crippen LogP contribution in [-0.2, 0) is 35.1 Å². The van der Waals surface area contributed by atoms with Crippen molar-refractivity contribution in [3.05, 3.63) is 119 Å². The van der Waals surface area contributed by atoms with E-state index in [1.54, 1.807) is 29.2 Å². The summed E-state index contributed by atoms with van der Waals surface area (Å²) in [5.41, 5.74) is 2.41. The molecule has 0 aliphatic carbocycles. The smallest absolute Gasteiger partial charge is 0.387 e. The van der Waals surface area contributed by atoms with Gasteiger partial charge in [-0.15, -0.1) is 0 Å². The molecule has 37 heteroatoms. The number of anilines is 2. The number of ether oxygens (including phenoxy) is 5. The van der Waals surface area contributed by atoms with E-state index in [1.807, 2.05) is 4.90 Å². The Labute approximate surface area is 631 Å². The number of aromatic nitrogens is 10. The van der Waals surface area contributed by atoms with Crippen LogP contribution in [0.4, 0.5) is 28.9 Å². The highest BCUT2D eigenvalue weighted by molar-refractivity contribution is 9.19. The second-order valence-corrected chi connectivity index (χ2v) is 27.8. The standard InChI is InChI=1S/C28H29ClF2N8O4.C17H11ClF2N6O2.C11H19BrN2O2.C9H18N2O.C2H2Br2O/c1-36(19-15-42-16-19)18-6-9-37(10-7-18)25(40)14-38-13-21(34-27(41)22-12-32-24-3-2-8-33-39(22)24)26(35-38)20-11-17(29)4-5-23(20)43-28(30)31;18-9-3-4-13(28-17(19)20)10(6-9)15-11(7-22-25-15)24-16(27)12-8-21-14-2-1-5-23-26(12)14;1-13(10-7-16-8-10)9-2-4-14(5-3-9)11(15)6-12;1-11(9-6-12-7-9)8-2-4-10-5-3-8;3-1-2(4)5/h2-5,8,11-13,18-19,28H,6-7,9-10,14-16H2,1H3,(H,34,41);1-8,17H,(H,22,25)(H,24,27);9-10H,2-8H2,1H3;8-10H,2-7H2,1H3;1H2. The molecule has 28 nitrogen and oxygen atoms in total. The number of rotatable bonds is 20. The summed E-state index contributed by atoms with van der Waals surface area (Å²) in [5.74, 6) is -1.32. The number of halogens is 9. The SMILES string of the molecule is CN(C1CCN(C(=O)CBr)CC1)C1COC1.CN(C1CCN(C(=O)Cn2cc(NC(=O)c3cnc4cccnn34)c(-c3cc(Cl)ccc3OC(F)F)n2)CC1)C1COC1.CN(C1CCNCC1)C1COC1.O=C(Br)CBr.O=C(Nc1cn[nH]c1-c1cc(Cl)ccc1OC(F)F)c1cnc2cccnn12. The van der Waals surface area contributed by atoms with Gasteiger partial charge in [0.1, 0.15) is 23.7 Å². The predicted molar refractivity (Wildman–Crippen MR) is 391 cm³/mol. The average molecular weight is 1680 g/mol. The zero-order valence-corrected chi connectivity index (χ0v) is 63.2. The van der Waals surface area contributed by atoms with Crippen molar-refractivity contribution in [1.82, 2.24) is 79.0 Å². The number of nitrogens with zero attached hydrogens (tertiary/aromatic N) is 14. The number of amides is 4. The van der Waals surface area contributed by atoms with Crippen LogP contribution >= 0.6 is 71.0 Å². The van der Waals surface area contributed by atoms with Gasteiger partial charge < -0.3 is 49.4 Å². The van der Waals surface area contributed by atoms with Crippen molar-refractivity contribution < 1.29 is 65.2 Å². The molecule has 0 spiro atoms. The molecule has 6 aliphatic rings. The number of fused-ring (bicyclic) bond motifs is 2. The van der Waals surface area contributed by atoms with Crippen molar-refractivity contribution in [2.24, 2.45) is 0 Å². The van der Waals surface area contributed by atoms with Crippen LogP contribution in [-0.4, -0.2) is 262 Å². The molecule has 0 radical (unpaired) electrons. The van der Waals surface area contributed by atoms with Crippen molar-refractivity contribution in [3.63, 3.8) is 0 Å². The summed E-state index contributed by atoms with van der Waals surface area (Å²) in [6, 6.07) is 18.6. The first-order chi connectivity index (χ1) is 50.2. The van der Waals surface area contributed by atoms with Gasteiger partial charge in [0.2, 0.25) is 16.5 Å². The van der Waals surface area contributed by atoms with Crippen LogP contribution in [0.3, 0.4) is 0 Å². The number of piperidine rings is 3. The molecular weight excluding hydrogens is 1600 g/mol. The summed E-state index contributed by atoms with van der Waals surface area (Å²) in [7, 11) is 6.52. The first kappa shape index (κ1) is 79.3. The fourth-order valence-corrected chi connectivity index (χ4v) is 13.1. The van der Waals surface area contributed by atoms with E-state index in [2.05, 4.69) is 140 Å². The van der Waals surface area contributed by atoms with Crippen molar-refractivity contribution in [1.29, 1.82) is 0 Å². The minimum absolute atomic E-state index is 0.0162. The van der Waals surface area contributed by atoms with Gasteiger partial charge in [0.15, 0.2) is 22.7 Å². The highest BCUT2D eigenvalue weighted by Crippen LogP contribution is 2.39. The van der Waals surface area contributed by atoms with Gasteiger partial charge in [-0.1, -0.05) is 55.1 Å². The van der Waals surface area contributed by atoms with E-state index in [1.165, 1.54) is 113 Å². The number of nitrogens with one attached hydrogen (secondary N) is 4. The van der Waals surface area contributed by atoms with Crippen molar-refractivity contribution in [2.45, 2.75) is 94.5 Å². The summed E-state index contributed by atoms with van der Waals surface area (Å²) in [6.45, 7) is 4.21. The number of carbonyl (C=O) groups excluding carboxylic acids is 5. The normalized spacial score (nSPS) is 16.9. The van der Waals surface area contributed by atoms with Gasteiger partial charge in [-0.2, -0.15) is 38.0 Å². The van der Waals surface area contributed by atoms with Crippen LogP contribution in [0.1, 0.15) is 59.5 Å². The quantitative estimate of drug-likeness (QED) is 0.0314. The molecule has 6 saturated heterocycles. The number of hydrogen-bond donors (Lipinski definition) is 4. The maximum absolute atomic E-state index is 13.3. The molecule has 560 valence electrons. The van der Waals surface area contributed by atoms with E-state index in [0.717, 1.165) is 84.5 Å². The third kappa shape index (κ3) is 21.1. The molecule has 0 unspecified atom stereocenters. The highest BCUT2D eigenvalue weighted by Gasteiger charge is 2.35. The zero-order valence-electron chi connectivity index (χ0n) is 57.0. The first-order valence-corrected chi connectivity index (χ1v) is 37.2. The molecule has 0 saturated carbocycles. The zero-order chi connectivity index (χ0) is 74.0. The number of aromatic amines is 1. The van der Waals surface area contributed by atoms with E-state index in [-0.39, 0.29) is 84.9 Å². The number of imidazole rings is 2. The van der Waals surface area contributed by atoms with Crippen LogP contribution in [0.25, 0.3) is 33.8 Å². The molecule has 0 atom stereocenters. The van der Waals surface area contributed by atoms with E-state index < -0.39 is 25.0 Å². The summed E-state index contributed by atoms with van der Waals surface area (Å²) in [4.78, 5) is 79.8. The number of hydrogen-bond acceptors (Lipinski definition) is 20. The third-order valence-corrected chi connectivity index (χ3v) is 21.0. The monoisotopic (exact) mass is 1680 g/mol. The lowest BCUT2D eigenvalue weighted by Gasteiger charge is -2.43. The van der Waals surface area contributed by atoms with Crippen LogP contribution in [0.2, 0.25) is 10.0 Å². The second kappa shape index (κ2) is 38.3. The predicted octanol–water partition coefficient (Wildman–Crippen LogP) is 9.12. The molecule has 6 fully saturated rings. The van der Waals surface area contributed by atoms with Gasteiger partial charge in [-0.05, 0) is 149 Å². The van der Waals surface area contributed by atoms with Crippen molar-refractivity contribution in [3.8, 4) is 34.0 Å². The highest BCUT2D eigenvalue weighted by atomic mass is 79.9. The Balaban J connectivity index is 0.000000161. The number of carbonyl (C=O) groups is 5. The summed E-state index contributed by atoms with van der Waals surface area (Å²) < 4.78 is 81.0. The summed E-state index contributed by atoms with van der Waals surface area (Å²) >= 11 is 21.0. The number of benzene rings is 2. The maximum Gasteiger partial charge on any atom is 0.387 e. The van der Waals surface area contributed by atoms with Crippen LogP contribution in [0.5, 0.6) is 11.5 Å². The largest absolute Gasteiger partial charge is 0.434 e. The van der Waals surface area contributed by atoms with Crippen LogP contribution in [0, 0.1) is 0 Å². The Morgan fingerprint density at radius 3 is 1.49 bits per heavy atom. The summed E-state index contributed by atoms with van der Waals surface area (Å²) in [6.07, 6.45) is 15.1. The molecule has 0 bridgehead atoms. The van der Waals surface area contributed by atoms with Gasteiger partial charge in [0, 0.05) is 84.1 Å². The maximum atomic E-state index is 13.3. The molecular formula is C67H79Br3Cl2F4N18O10. The fraction of sp³-hybridized carbons (Fsp3) is 0.478. The fourth-order valence-electron chi connectivity index (χ4n) is 12.4. The molecule has 4 amide bonds. The molecule has 104 heavy (non-hydrogen) atoms. The minimum Gasteiger partial charge on any atom is -0.434 e. The Kier molecular flexibility index (Phi) is 29.2. The Hall–Kier alpha value is -7.29. The molecule has 6 aromatic heterocycles. The van der Waals surface area contributed by atoms with E-state index in [0.29, 0.717) is 70.3 Å². The van der Waals surface area contributed by atoms with Gasteiger partial charge in [0.25, 0.3) is 11.8 Å². The molecule has 6 aliphatic heterocycles. The van der Waals surface area contributed by atoms with Gasteiger partial charge in [0.05, 0.1) is 104 Å². The second-order valence-electron chi connectivity index (χ2n) is 25.0. The van der Waals surface area contributed by atoms with Crippen molar-refractivity contribution >= 4 is 122 Å². The molecule has 14 rings (SSSR count). The van der Waals surface area contributed by atoms with E-state index >= 15 is 0 Å². The lowest BCUT2D eigenvalue weighted by Crippen LogP contribution is -2.54. The van der Waals surface area contributed by atoms with E-state index in [9.17, 15) is 41.5 Å². The molecule has 4 N–H and O–H groups in total. The Morgan fingerprint density at radius 1 is 0.606 bits per heavy atom. The molecule has 8 aromatic rings. The summed E-state index contributed by atoms with van der Waals surface area (Å²) in [5, 5.41) is 29.5. The van der Waals surface area contributed by atoms with Gasteiger partial charge in [-0.3, -0.25) is 48.5 Å². The molecule has 2 aromatic carbocycles. The van der Waals surface area contributed by atoms with Crippen molar-refractivity contribution in [2.75, 3.05) is 121 Å². The Bertz CT molecular complexity index is 4170.